The number of carbonyl (C=O) groups excluding carboxylic acids is 1. The first kappa shape index (κ1) is 17.3. The quantitative estimate of drug-likeness (QED) is 0.866. The molecule has 0 saturated heterocycles. The first-order valence-corrected chi connectivity index (χ1v) is 8.54. The van der Waals surface area contributed by atoms with Gasteiger partial charge in [0, 0.05) is 18.8 Å². The van der Waals surface area contributed by atoms with Crippen LogP contribution in [0.5, 0.6) is 11.5 Å². The summed E-state index contributed by atoms with van der Waals surface area (Å²) in [5.41, 5.74) is 0.970. The number of hydrogen-bond donors (Lipinski definition) is 1. The van der Waals surface area contributed by atoms with E-state index in [4.69, 9.17) is 14.0 Å². The van der Waals surface area contributed by atoms with Crippen LogP contribution in [0.1, 0.15) is 56.4 Å². The molecule has 0 bridgehead atoms. The van der Waals surface area contributed by atoms with Crippen molar-refractivity contribution in [2.45, 2.75) is 45.6 Å². The van der Waals surface area contributed by atoms with E-state index in [1.807, 2.05) is 39.0 Å². The number of aromatic nitrogens is 2. The molecule has 1 amide bonds. The van der Waals surface area contributed by atoms with E-state index < -0.39 is 0 Å². The van der Waals surface area contributed by atoms with Crippen LogP contribution in [0.25, 0.3) is 0 Å². The fraction of sp³-hybridized carbons (Fsp3) is 0.500. The molecule has 3 rings (SSSR count). The molecular weight excluding hydrogens is 322 g/mol. The minimum Gasteiger partial charge on any atom is -0.486 e. The molecule has 0 unspecified atom stereocenters. The Bertz CT molecular complexity index is 742. The summed E-state index contributed by atoms with van der Waals surface area (Å²) >= 11 is 0. The molecule has 0 aliphatic carbocycles. The maximum absolute atomic E-state index is 12.2. The Morgan fingerprint density at radius 3 is 2.68 bits per heavy atom. The lowest BCUT2D eigenvalue weighted by atomic mass is 10.1. The van der Waals surface area contributed by atoms with Crippen molar-refractivity contribution >= 4 is 5.91 Å². The molecule has 0 radical (unpaired) electrons. The first-order valence-electron chi connectivity index (χ1n) is 8.54. The van der Waals surface area contributed by atoms with Crippen LogP contribution in [0.2, 0.25) is 0 Å². The molecule has 1 aliphatic heterocycles. The van der Waals surface area contributed by atoms with Gasteiger partial charge in [0.05, 0.1) is 6.04 Å². The van der Waals surface area contributed by atoms with E-state index in [-0.39, 0.29) is 17.9 Å². The number of hydrogen-bond acceptors (Lipinski definition) is 6. The van der Waals surface area contributed by atoms with Crippen molar-refractivity contribution in [3.63, 3.8) is 0 Å². The fourth-order valence-corrected chi connectivity index (χ4v) is 2.55. The summed E-state index contributed by atoms with van der Waals surface area (Å²) < 4.78 is 16.2. The van der Waals surface area contributed by atoms with Crippen molar-refractivity contribution in [2.24, 2.45) is 0 Å². The standard InChI is InChI=1S/C18H23N3O4/c1-11(2)18-20-17(25-21-18)7-6-16(22)19-12(3)13-4-5-14-15(10-13)24-9-8-23-14/h4-5,10-12H,6-9H2,1-3H3,(H,19,22)/t12-/m0/s1. The number of amides is 1. The van der Waals surface area contributed by atoms with E-state index in [1.54, 1.807) is 0 Å². The van der Waals surface area contributed by atoms with Gasteiger partial charge in [-0.25, -0.2) is 0 Å². The van der Waals surface area contributed by atoms with Gasteiger partial charge in [-0.1, -0.05) is 25.1 Å². The molecule has 0 saturated carbocycles. The third kappa shape index (κ3) is 4.29. The maximum Gasteiger partial charge on any atom is 0.227 e. The second-order valence-corrected chi connectivity index (χ2v) is 6.39. The van der Waals surface area contributed by atoms with Crippen LogP contribution in [0.15, 0.2) is 22.7 Å². The van der Waals surface area contributed by atoms with Gasteiger partial charge in [-0.3, -0.25) is 4.79 Å². The van der Waals surface area contributed by atoms with E-state index in [1.165, 1.54) is 0 Å². The van der Waals surface area contributed by atoms with Crippen molar-refractivity contribution in [1.82, 2.24) is 15.5 Å². The number of rotatable bonds is 6. The fourth-order valence-electron chi connectivity index (χ4n) is 2.55. The second kappa shape index (κ2) is 7.55. The zero-order valence-electron chi connectivity index (χ0n) is 14.7. The minimum absolute atomic E-state index is 0.0633. The van der Waals surface area contributed by atoms with E-state index in [2.05, 4.69) is 15.5 Å². The summed E-state index contributed by atoms with van der Waals surface area (Å²) in [6.07, 6.45) is 0.730. The molecule has 2 heterocycles. The molecule has 0 fully saturated rings. The minimum atomic E-state index is -0.128. The summed E-state index contributed by atoms with van der Waals surface area (Å²) in [6, 6.07) is 5.59. The Balaban J connectivity index is 1.53. The van der Waals surface area contributed by atoms with Crippen LogP contribution < -0.4 is 14.8 Å². The Morgan fingerprint density at radius 2 is 1.96 bits per heavy atom. The van der Waals surface area contributed by atoms with Crippen molar-refractivity contribution in [3.05, 3.63) is 35.5 Å². The molecule has 1 aromatic heterocycles. The van der Waals surface area contributed by atoms with Crippen molar-refractivity contribution in [3.8, 4) is 11.5 Å². The number of nitrogens with one attached hydrogen (secondary N) is 1. The molecular formula is C18H23N3O4. The molecule has 7 heteroatoms. The number of benzene rings is 1. The maximum atomic E-state index is 12.2. The summed E-state index contributed by atoms with van der Waals surface area (Å²) in [4.78, 5) is 16.5. The first-order chi connectivity index (χ1) is 12.0. The smallest absolute Gasteiger partial charge is 0.227 e. The van der Waals surface area contributed by atoms with Crippen LogP contribution in [-0.2, 0) is 11.2 Å². The van der Waals surface area contributed by atoms with Crippen LogP contribution in [0, 0.1) is 0 Å². The van der Waals surface area contributed by atoms with Gasteiger partial charge in [0.15, 0.2) is 17.3 Å². The van der Waals surface area contributed by atoms with Crippen LogP contribution >= 0.6 is 0 Å². The summed E-state index contributed by atoms with van der Waals surface area (Å²) in [6.45, 7) is 7.03. The topological polar surface area (TPSA) is 86.5 Å². The number of ether oxygens (including phenoxy) is 2. The van der Waals surface area contributed by atoms with Crippen molar-refractivity contribution in [1.29, 1.82) is 0 Å². The molecule has 1 atom stereocenters. The third-order valence-electron chi connectivity index (χ3n) is 4.01. The molecule has 1 aliphatic rings. The molecule has 0 spiro atoms. The predicted octanol–water partition coefficient (Wildman–Crippen LogP) is 2.77. The second-order valence-electron chi connectivity index (χ2n) is 6.39. The van der Waals surface area contributed by atoms with Gasteiger partial charge in [0.2, 0.25) is 11.8 Å². The normalized spacial score (nSPS) is 14.4. The van der Waals surface area contributed by atoms with Gasteiger partial charge in [-0.15, -0.1) is 0 Å². The molecule has 1 aromatic carbocycles. The lowest BCUT2D eigenvalue weighted by Gasteiger charge is -2.21. The van der Waals surface area contributed by atoms with Crippen LogP contribution in [0.3, 0.4) is 0 Å². The van der Waals surface area contributed by atoms with Crippen LogP contribution in [-0.4, -0.2) is 29.3 Å². The Morgan fingerprint density at radius 1 is 1.20 bits per heavy atom. The Kier molecular flexibility index (Phi) is 5.21. The summed E-state index contributed by atoms with van der Waals surface area (Å²) in [5, 5.41) is 6.88. The molecule has 1 N–H and O–H groups in total. The number of nitrogens with zero attached hydrogens (tertiary/aromatic N) is 2. The number of aryl methyl sites for hydroxylation is 1. The SMILES string of the molecule is CC(C)c1noc(CCC(=O)N[C@@H](C)c2ccc3c(c2)OCCO3)n1. The van der Waals surface area contributed by atoms with E-state index in [0.717, 1.165) is 17.1 Å². The van der Waals surface area contributed by atoms with Gasteiger partial charge in [0.25, 0.3) is 0 Å². The highest BCUT2D eigenvalue weighted by atomic mass is 16.6. The van der Waals surface area contributed by atoms with Gasteiger partial charge in [-0.2, -0.15) is 4.98 Å². The molecule has 134 valence electrons. The van der Waals surface area contributed by atoms with Crippen LogP contribution in [0.4, 0.5) is 0 Å². The highest BCUT2D eigenvalue weighted by molar-refractivity contribution is 5.76. The summed E-state index contributed by atoms with van der Waals surface area (Å²) in [7, 11) is 0. The predicted molar refractivity (Wildman–Crippen MR) is 90.7 cm³/mol. The lowest BCUT2D eigenvalue weighted by Crippen LogP contribution is -2.27. The van der Waals surface area contributed by atoms with E-state index >= 15 is 0 Å². The van der Waals surface area contributed by atoms with E-state index in [0.29, 0.717) is 37.8 Å². The van der Waals surface area contributed by atoms with Gasteiger partial charge < -0.3 is 19.3 Å². The third-order valence-corrected chi connectivity index (χ3v) is 4.01. The van der Waals surface area contributed by atoms with Gasteiger partial charge >= 0.3 is 0 Å². The zero-order valence-corrected chi connectivity index (χ0v) is 14.7. The van der Waals surface area contributed by atoms with Crippen molar-refractivity contribution in [2.75, 3.05) is 13.2 Å². The lowest BCUT2D eigenvalue weighted by molar-refractivity contribution is -0.121. The van der Waals surface area contributed by atoms with Gasteiger partial charge in [-0.05, 0) is 24.6 Å². The molecule has 7 nitrogen and oxygen atoms in total. The molecule has 2 aromatic rings. The highest BCUT2D eigenvalue weighted by Crippen LogP contribution is 2.32. The Hall–Kier alpha value is -2.57. The van der Waals surface area contributed by atoms with Crippen molar-refractivity contribution < 1.29 is 18.8 Å². The average Bonchev–Trinajstić information content (AvgIpc) is 3.09. The number of carbonyl (C=O) groups is 1. The average molecular weight is 345 g/mol. The summed E-state index contributed by atoms with van der Waals surface area (Å²) in [5.74, 6) is 2.77. The zero-order chi connectivity index (χ0) is 17.8. The van der Waals surface area contributed by atoms with E-state index in [9.17, 15) is 4.79 Å². The molecule has 25 heavy (non-hydrogen) atoms. The largest absolute Gasteiger partial charge is 0.486 e. The Labute approximate surface area is 146 Å². The highest BCUT2D eigenvalue weighted by Gasteiger charge is 2.16. The monoisotopic (exact) mass is 345 g/mol. The number of fused-ring (bicyclic) bond motifs is 1. The van der Waals surface area contributed by atoms with Gasteiger partial charge in [0.1, 0.15) is 13.2 Å².